The van der Waals surface area contributed by atoms with E-state index in [1.165, 1.54) is 17.0 Å². The molecule has 0 radical (unpaired) electrons. The fraction of sp³-hybridized carbons (Fsp3) is 0.0833. The van der Waals surface area contributed by atoms with E-state index in [-0.39, 0.29) is 17.0 Å². The first-order chi connectivity index (χ1) is 15.3. The highest BCUT2D eigenvalue weighted by molar-refractivity contribution is 6.42. The van der Waals surface area contributed by atoms with Crippen molar-refractivity contribution in [1.29, 1.82) is 0 Å². The van der Waals surface area contributed by atoms with Crippen molar-refractivity contribution in [3.63, 3.8) is 0 Å². The van der Waals surface area contributed by atoms with E-state index in [1.54, 1.807) is 61.9 Å². The number of nitrogens with zero attached hydrogens (tertiary/aromatic N) is 2. The van der Waals surface area contributed by atoms with E-state index in [0.29, 0.717) is 33.4 Å². The number of pyridine rings is 1. The summed E-state index contributed by atoms with van der Waals surface area (Å²) in [6.07, 6.45) is 4.77. The van der Waals surface area contributed by atoms with Crippen molar-refractivity contribution in [3.8, 4) is 0 Å². The Kier molecular flexibility index (Phi) is 6.08. The molecule has 4 rings (SSSR count). The fourth-order valence-corrected chi connectivity index (χ4v) is 3.67. The number of hydrogen-bond acceptors (Lipinski definition) is 4. The van der Waals surface area contributed by atoms with E-state index in [2.05, 4.69) is 10.3 Å². The summed E-state index contributed by atoms with van der Waals surface area (Å²) in [5, 5.41) is 3.51. The highest BCUT2D eigenvalue weighted by Gasteiger charge is 2.33. The first-order valence-corrected chi connectivity index (χ1v) is 10.4. The van der Waals surface area contributed by atoms with Gasteiger partial charge in [-0.2, -0.15) is 0 Å². The second kappa shape index (κ2) is 8.94. The molecule has 0 atom stereocenters. The van der Waals surface area contributed by atoms with Crippen LogP contribution >= 0.6 is 23.2 Å². The van der Waals surface area contributed by atoms with Gasteiger partial charge in [-0.25, -0.2) is 0 Å². The number of fused-ring (bicyclic) bond motifs is 1. The Bertz CT molecular complexity index is 1270. The van der Waals surface area contributed by atoms with Gasteiger partial charge in [-0.15, -0.1) is 0 Å². The third-order valence-electron chi connectivity index (χ3n) is 5.10. The van der Waals surface area contributed by atoms with Crippen molar-refractivity contribution < 1.29 is 14.4 Å². The van der Waals surface area contributed by atoms with E-state index < -0.39 is 11.7 Å². The number of nitrogens with one attached hydrogen (secondary N) is 1. The molecule has 1 aromatic heterocycles. The fourth-order valence-electron chi connectivity index (χ4n) is 3.37. The van der Waals surface area contributed by atoms with Crippen LogP contribution < -0.4 is 10.2 Å². The number of likely N-dealkylation sites (N-methyl/N-ethyl adjacent to an activating group) is 1. The number of halogens is 2. The number of hydrogen-bond donors (Lipinski definition) is 1. The molecule has 0 spiro atoms. The number of Topliss-reactive ketones (excluding diaryl/α,β-unsaturated/α-hetero) is 1. The minimum Gasteiger partial charge on any atom is -0.348 e. The quantitative estimate of drug-likeness (QED) is 0.452. The normalized spacial score (nSPS) is 14.5. The third kappa shape index (κ3) is 4.28. The summed E-state index contributed by atoms with van der Waals surface area (Å²) in [6, 6.07) is 13.1. The zero-order chi connectivity index (χ0) is 22.8. The van der Waals surface area contributed by atoms with Crippen LogP contribution in [0.15, 0.2) is 66.5 Å². The van der Waals surface area contributed by atoms with Gasteiger partial charge in [0.1, 0.15) is 0 Å². The van der Waals surface area contributed by atoms with E-state index in [9.17, 15) is 14.4 Å². The predicted octanol–water partition coefficient (Wildman–Crippen LogP) is 4.56. The molecule has 160 valence electrons. The maximum Gasteiger partial charge on any atom is 0.262 e. The number of anilines is 1. The first-order valence-electron chi connectivity index (χ1n) is 9.66. The van der Waals surface area contributed by atoms with Gasteiger partial charge in [0.05, 0.1) is 21.3 Å². The van der Waals surface area contributed by atoms with Gasteiger partial charge in [0.25, 0.3) is 11.8 Å². The number of rotatable bonds is 4. The van der Waals surface area contributed by atoms with Crippen molar-refractivity contribution in [3.05, 3.63) is 98.8 Å². The molecule has 0 unspecified atom stereocenters. The molecule has 2 amide bonds. The SMILES string of the molecule is CN1C(=O)C(=Cc2ccc(Cl)c(Cl)c2)C(=O)c2cc(C(=O)NCc3ccncc3)ccc21. The average Bonchev–Trinajstić information content (AvgIpc) is 2.81. The van der Waals surface area contributed by atoms with Crippen LogP contribution in [0.5, 0.6) is 0 Å². The van der Waals surface area contributed by atoms with Crippen LogP contribution in [0.2, 0.25) is 10.0 Å². The van der Waals surface area contributed by atoms with Crippen molar-refractivity contribution in [1.82, 2.24) is 10.3 Å². The Morgan fingerprint density at radius 2 is 1.78 bits per heavy atom. The van der Waals surface area contributed by atoms with Gasteiger partial charge in [0.15, 0.2) is 0 Å². The van der Waals surface area contributed by atoms with Gasteiger partial charge in [0, 0.05) is 37.1 Å². The van der Waals surface area contributed by atoms with E-state index in [4.69, 9.17) is 23.2 Å². The van der Waals surface area contributed by atoms with Gasteiger partial charge in [-0.3, -0.25) is 19.4 Å². The van der Waals surface area contributed by atoms with Gasteiger partial charge in [0.2, 0.25) is 5.78 Å². The monoisotopic (exact) mass is 465 g/mol. The summed E-state index contributed by atoms with van der Waals surface area (Å²) in [7, 11) is 1.58. The molecule has 0 aliphatic carbocycles. The molecule has 32 heavy (non-hydrogen) atoms. The summed E-state index contributed by atoms with van der Waals surface area (Å²) in [5.41, 5.74) is 2.49. The first kappa shape index (κ1) is 21.7. The van der Waals surface area contributed by atoms with E-state index >= 15 is 0 Å². The molecule has 0 saturated heterocycles. The summed E-state index contributed by atoms with van der Waals surface area (Å²) in [6.45, 7) is 0.327. The smallest absolute Gasteiger partial charge is 0.262 e. The number of benzene rings is 2. The van der Waals surface area contributed by atoms with Crippen LogP contribution in [-0.4, -0.2) is 29.6 Å². The van der Waals surface area contributed by atoms with Crippen molar-refractivity contribution in [2.75, 3.05) is 11.9 Å². The van der Waals surface area contributed by atoms with Crippen LogP contribution in [0.1, 0.15) is 31.8 Å². The molecular weight excluding hydrogens is 449 g/mol. The number of carbonyl (C=O) groups excluding carboxylic acids is 3. The maximum absolute atomic E-state index is 13.2. The lowest BCUT2D eigenvalue weighted by Gasteiger charge is -2.27. The van der Waals surface area contributed by atoms with Crippen molar-refractivity contribution in [2.24, 2.45) is 0 Å². The maximum atomic E-state index is 13.2. The van der Waals surface area contributed by atoms with E-state index in [1.807, 2.05) is 0 Å². The number of carbonyl (C=O) groups is 3. The molecule has 3 aromatic rings. The minimum atomic E-state index is -0.460. The summed E-state index contributed by atoms with van der Waals surface area (Å²) in [4.78, 5) is 44.0. The molecule has 1 aliphatic heterocycles. The Balaban J connectivity index is 1.64. The van der Waals surface area contributed by atoms with Crippen LogP contribution in [-0.2, 0) is 11.3 Å². The van der Waals surface area contributed by atoms with Crippen LogP contribution in [0.25, 0.3) is 6.08 Å². The Labute approximate surface area is 194 Å². The molecule has 2 heterocycles. The highest BCUT2D eigenvalue weighted by Crippen LogP contribution is 2.32. The summed E-state index contributed by atoms with van der Waals surface area (Å²) >= 11 is 12.0. The largest absolute Gasteiger partial charge is 0.348 e. The van der Waals surface area contributed by atoms with Crippen molar-refractivity contribution >= 4 is 52.6 Å². The van der Waals surface area contributed by atoms with Gasteiger partial charge >= 0.3 is 0 Å². The molecule has 0 saturated carbocycles. The van der Waals surface area contributed by atoms with Gasteiger partial charge in [-0.05, 0) is 59.7 Å². The second-order valence-corrected chi connectivity index (χ2v) is 8.01. The van der Waals surface area contributed by atoms with E-state index in [0.717, 1.165) is 5.56 Å². The average molecular weight is 466 g/mol. The summed E-state index contributed by atoms with van der Waals surface area (Å²) < 4.78 is 0. The molecule has 1 N–H and O–H groups in total. The standard InChI is InChI=1S/C24H17Cl2N3O3/c1-29-21-5-3-16(23(31)28-13-14-6-8-27-9-7-14)12-17(21)22(30)18(24(29)32)10-15-2-4-19(25)20(26)11-15/h2-12H,13H2,1H3,(H,28,31). The number of aromatic nitrogens is 1. The van der Waals surface area contributed by atoms with Crippen LogP contribution in [0, 0.1) is 0 Å². The second-order valence-electron chi connectivity index (χ2n) is 7.19. The predicted molar refractivity (Wildman–Crippen MR) is 124 cm³/mol. The lowest BCUT2D eigenvalue weighted by atomic mass is 9.92. The Morgan fingerprint density at radius 1 is 1.03 bits per heavy atom. The third-order valence-corrected chi connectivity index (χ3v) is 5.84. The van der Waals surface area contributed by atoms with Gasteiger partial charge < -0.3 is 10.2 Å². The lowest BCUT2D eigenvalue weighted by molar-refractivity contribution is -0.114. The molecule has 0 bridgehead atoms. The number of amides is 2. The van der Waals surface area contributed by atoms with Crippen molar-refractivity contribution in [2.45, 2.75) is 6.54 Å². The topological polar surface area (TPSA) is 79.4 Å². The zero-order valence-electron chi connectivity index (χ0n) is 16.9. The molecule has 0 fully saturated rings. The van der Waals surface area contributed by atoms with Crippen LogP contribution in [0.3, 0.4) is 0 Å². The molecule has 2 aromatic carbocycles. The molecule has 1 aliphatic rings. The number of ketones is 1. The van der Waals surface area contributed by atoms with Gasteiger partial charge in [-0.1, -0.05) is 29.3 Å². The Hall–Kier alpha value is -3.48. The summed E-state index contributed by atoms with van der Waals surface area (Å²) in [5.74, 6) is -1.23. The highest BCUT2D eigenvalue weighted by atomic mass is 35.5. The minimum absolute atomic E-state index is 0.0206. The lowest BCUT2D eigenvalue weighted by Crippen LogP contribution is -2.37. The molecule has 8 heteroatoms. The zero-order valence-corrected chi connectivity index (χ0v) is 18.4. The Morgan fingerprint density at radius 3 is 2.50 bits per heavy atom. The molecule has 6 nitrogen and oxygen atoms in total. The molecular formula is C24H17Cl2N3O3. The van der Waals surface area contributed by atoms with Crippen LogP contribution in [0.4, 0.5) is 5.69 Å².